The summed E-state index contributed by atoms with van der Waals surface area (Å²) >= 11 is 0. The van der Waals surface area contributed by atoms with E-state index in [1.165, 1.54) is 0 Å². The van der Waals surface area contributed by atoms with E-state index in [0.29, 0.717) is 13.1 Å². The fraction of sp³-hybridized carbons (Fsp3) is 0.889. The van der Waals surface area contributed by atoms with Crippen LogP contribution in [0.4, 0.5) is 0 Å². The summed E-state index contributed by atoms with van der Waals surface area (Å²) in [4.78, 5) is 13.0. The van der Waals surface area contributed by atoms with Crippen molar-refractivity contribution in [1.29, 1.82) is 0 Å². The molecule has 0 bridgehead atoms. The first kappa shape index (κ1) is 10.5. The van der Waals surface area contributed by atoms with Gasteiger partial charge in [0.05, 0.1) is 18.2 Å². The van der Waals surface area contributed by atoms with Crippen molar-refractivity contribution in [1.82, 2.24) is 4.90 Å². The molecule has 13 heavy (non-hydrogen) atoms. The molecular formula is C9H17NO3. The van der Waals surface area contributed by atoms with Gasteiger partial charge < -0.3 is 9.84 Å². The van der Waals surface area contributed by atoms with Gasteiger partial charge in [0.25, 0.3) is 0 Å². The van der Waals surface area contributed by atoms with E-state index in [-0.39, 0.29) is 18.6 Å². The van der Waals surface area contributed by atoms with Crippen LogP contribution in [0, 0.1) is 0 Å². The minimum atomic E-state index is -0.613. The molecule has 76 valence electrons. The quantitative estimate of drug-likeness (QED) is 0.632. The highest BCUT2D eigenvalue weighted by Gasteiger charge is 2.37. The number of esters is 1. The molecule has 0 spiro atoms. The Morgan fingerprint density at radius 3 is 2.54 bits per heavy atom. The second-order valence-corrected chi connectivity index (χ2v) is 4.18. The third kappa shape index (κ3) is 3.32. The highest BCUT2D eigenvalue weighted by Crippen LogP contribution is 2.18. The van der Waals surface area contributed by atoms with Gasteiger partial charge in [-0.3, -0.25) is 9.69 Å². The monoisotopic (exact) mass is 187 g/mol. The fourth-order valence-corrected chi connectivity index (χ4v) is 1.51. The third-order valence-electron chi connectivity index (χ3n) is 1.85. The highest BCUT2D eigenvalue weighted by atomic mass is 16.5. The van der Waals surface area contributed by atoms with Crippen molar-refractivity contribution >= 4 is 5.97 Å². The summed E-state index contributed by atoms with van der Waals surface area (Å²) in [7, 11) is 0. The van der Waals surface area contributed by atoms with Gasteiger partial charge in [0.1, 0.15) is 0 Å². The van der Waals surface area contributed by atoms with Crippen molar-refractivity contribution < 1.29 is 14.6 Å². The third-order valence-corrected chi connectivity index (χ3v) is 1.85. The first-order valence-electron chi connectivity index (χ1n) is 4.53. The van der Waals surface area contributed by atoms with Crippen LogP contribution in [0.1, 0.15) is 20.8 Å². The zero-order valence-corrected chi connectivity index (χ0v) is 8.41. The largest absolute Gasteiger partial charge is 0.462 e. The molecule has 4 nitrogen and oxygen atoms in total. The molecule has 1 aliphatic rings. The van der Waals surface area contributed by atoms with Crippen molar-refractivity contribution in [2.45, 2.75) is 32.5 Å². The Morgan fingerprint density at radius 2 is 2.15 bits per heavy atom. The van der Waals surface area contributed by atoms with E-state index < -0.39 is 5.60 Å². The maximum Gasteiger partial charge on any atom is 0.320 e. The van der Waals surface area contributed by atoms with Crippen LogP contribution in [0.5, 0.6) is 0 Å². The van der Waals surface area contributed by atoms with E-state index in [4.69, 9.17) is 4.74 Å². The number of β-amino-alcohol motifs (C(OH)–C–C–N with tert-alkyl or cyclic N) is 1. The minimum Gasteiger partial charge on any atom is -0.462 e. The molecule has 1 heterocycles. The van der Waals surface area contributed by atoms with Gasteiger partial charge in [-0.2, -0.15) is 0 Å². The molecule has 4 heteroatoms. The van der Waals surface area contributed by atoms with Crippen LogP contribution in [-0.4, -0.2) is 47.3 Å². The summed E-state index contributed by atoms with van der Waals surface area (Å²) in [5.41, 5.74) is -0.613. The van der Waals surface area contributed by atoms with E-state index >= 15 is 0 Å². The Bertz CT molecular complexity index is 193. The molecule has 0 radical (unpaired) electrons. The smallest absolute Gasteiger partial charge is 0.320 e. The number of carbonyl (C=O) groups excluding carboxylic acids is 1. The fourth-order valence-electron chi connectivity index (χ4n) is 1.51. The van der Waals surface area contributed by atoms with Crippen LogP contribution in [0.15, 0.2) is 0 Å². The number of carbonyl (C=O) groups is 1. The zero-order chi connectivity index (χ0) is 10.1. The van der Waals surface area contributed by atoms with E-state index in [1.54, 1.807) is 6.92 Å². The van der Waals surface area contributed by atoms with E-state index in [2.05, 4.69) is 0 Å². The molecule has 1 N–H and O–H groups in total. The van der Waals surface area contributed by atoms with Crippen molar-refractivity contribution in [3.63, 3.8) is 0 Å². The van der Waals surface area contributed by atoms with Gasteiger partial charge in [-0.1, -0.05) is 0 Å². The average Bonchev–Trinajstić information content (AvgIpc) is 1.79. The maximum absolute atomic E-state index is 11.1. The van der Waals surface area contributed by atoms with Gasteiger partial charge in [0.2, 0.25) is 0 Å². The Kier molecular flexibility index (Phi) is 2.93. The Labute approximate surface area is 78.5 Å². The molecule has 1 rings (SSSR count). The van der Waals surface area contributed by atoms with Gasteiger partial charge in [-0.15, -0.1) is 0 Å². The SMILES string of the molecule is CC(C)OC(=O)CN1CC(C)(O)C1. The van der Waals surface area contributed by atoms with Crippen LogP contribution < -0.4 is 0 Å². The lowest BCUT2D eigenvalue weighted by molar-refractivity contribution is -0.155. The van der Waals surface area contributed by atoms with Crippen LogP contribution in [0.3, 0.4) is 0 Å². The molecule has 0 aliphatic carbocycles. The number of likely N-dealkylation sites (tertiary alicyclic amines) is 1. The van der Waals surface area contributed by atoms with E-state index in [1.807, 2.05) is 18.7 Å². The average molecular weight is 187 g/mol. The molecule has 0 saturated carbocycles. The lowest BCUT2D eigenvalue weighted by Crippen LogP contribution is -2.61. The van der Waals surface area contributed by atoms with Gasteiger partial charge in [-0.25, -0.2) is 0 Å². The molecule has 0 aromatic heterocycles. The van der Waals surface area contributed by atoms with Crippen LogP contribution >= 0.6 is 0 Å². The summed E-state index contributed by atoms with van der Waals surface area (Å²) in [5, 5.41) is 9.38. The summed E-state index contributed by atoms with van der Waals surface area (Å²) < 4.78 is 4.96. The molecule has 1 aliphatic heterocycles. The van der Waals surface area contributed by atoms with Gasteiger partial charge in [0.15, 0.2) is 0 Å². The Hall–Kier alpha value is -0.610. The Balaban J connectivity index is 2.17. The molecule has 0 unspecified atom stereocenters. The second kappa shape index (κ2) is 3.64. The summed E-state index contributed by atoms with van der Waals surface area (Å²) in [6, 6.07) is 0. The van der Waals surface area contributed by atoms with Crippen molar-refractivity contribution in [3.05, 3.63) is 0 Å². The molecular weight excluding hydrogens is 170 g/mol. The number of nitrogens with zero attached hydrogens (tertiary/aromatic N) is 1. The topological polar surface area (TPSA) is 49.8 Å². The van der Waals surface area contributed by atoms with Gasteiger partial charge in [-0.05, 0) is 20.8 Å². The highest BCUT2D eigenvalue weighted by molar-refractivity contribution is 5.72. The molecule has 0 aromatic rings. The van der Waals surface area contributed by atoms with Gasteiger partial charge >= 0.3 is 5.97 Å². The van der Waals surface area contributed by atoms with Crippen LogP contribution in [0.25, 0.3) is 0 Å². The van der Waals surface area contributed by atoms with Crippen LogP contribution in [0.2, 0.25) is 0 Å². The lowest BCUT2D eigenvalue weighted by Gasteiger charge is -2.43. The van der Waals surface area contributed by atoms with Crippen molar-refractivity contribution in [2.75, 3.05) is 19.6 Å². The molecule has 1 saturated heterocycles. The molecule has 1 fully saturated rings. The first-order valence-corrected chi connectivity index (χ1v) is 4.53. The summed E-state index contributed by atoms with van der Waals surface area (Å²) in [6.07, 6.45) is -0.0608. The molecule has 0 aromatic carbocycles. The number of hydrogen-bond donors (Lipinski definition) is 1. The number of aliphatic hydroxyl groups is 1. The lowest BCUT2D eigenvalue weighted by atomic mass is 9.97. The van der Waals surface area contributed by atoms with Crippen molar-refractivity contribution in [2.24, 2.45) is 0 Å². The van der Waals surface area contributed by atoms with Crippen molar-refractivity contribution in [3.8, 4) is 0 Å². The minimum absolute atomic E-state index is 0.0608. The molecule has 0 amide bonds. The predicted molar refractivity (Wildman–Crippen MR) is 48.3 cm³/mol. The first-order chi connectivity index (χ1) is 5.89. The van der Waals surface area contributed by atoms with E-state index in [9.17, 15) is 9.90 Å². The number of ether oxygens (including phenoxy) is 1. The number of rotatable bonds is 3. The van der Waals surface area contributed by atoms with E-state index in [0.717, 1.165) is 0 Å². The number of hydrogen-bond acceptors (Lipinski definition) is 4. The standard InChI is InChI=1S/C9H17NO3/c1-7(2)13-8(11)4-10-5-9(3,12)6-10/h7,12H,4-6H2,1-3H3. The Morgan fingerprint density at radius 1 is 1.62 bits per heavy atom. The van der Waals surface area contributed by atoms with Crippen LogP contribution in [-0.2, 0) is 9.53 Å². The summed E-state index contributed by atoms with van der Waals surface area (Å²) in [6.45, 7) is 6.81. The maximum atomic E-state index is 11.1. The predicted octanol–water partition coefficient (Wildman–Crippen LogP) is 0.00460. The zero-order valence-electron chi connectivity index (χ0n) is 8.41. The second-order valence-electron chi connectivity index (χ2n) is 4.18. The summed E-state index contributed by atoms with van der Waals surface area (Å²) in [5.74, 6) is -0.217. The molecule has 0 atom stereocenters. The van der Waals surface area contributed by atoms with Gasteiger partial charge in [0, 0.05) is 13.1 Å². The normalized spacial score (nSPS) is 21.3.